The Balaban J connectivity index is 1.66. The van der Waals surface area contributed by atoms with Gasteiger partial charge in [0.2, 0.25) is 0 Å². The summed E-state index contributed by atoms with van der Waals surface area (Å²) in [6, 6.07) is 13.7. The van der Waals surface area contributed by atoms with Crippen molar-refractivity contribution in [3.8, 4) is 17.2 Å². The van der Waals surface area contributed by atoms with Gasteiger partial charge >= 0.3 is 5.97 Å². The number of nitrogens with zero attached hydrogens (tertiary/aromatic N) is 2. The summed E-state index contributed by atoms with van der Waals surface area (Å²) >= 11 is 1.00. The standard InChI is InChI=1S/C26H19FN2O6S/c1-33-21-6-2-14(11-18(21)27)10-17(25(30)16-4-7-22-23(13-16)35-9-8-34-22)24(26(31)32)15-3-5-19-20(12-15)29-36-28-19/h2-7,11-13H,8-10H2,1H3,(H,31,32)/b24-17+. The van der Waals surface area contributed by atoms with Crippen LogP contribution in [0.15, 0.2) is 60.2 Å². The van der Waals surface area contributed by atoms with Gasteiger partial charge in [-0.15, -0.1) is 0 Å². The molecule has 0 atom stereocenters. The molecule has 5 rings (SSSR count). The van der Waals surface area contributed by atoms with Crippen LogP contribution in [-0.2, 0) is 11.2 Å². The maximum absolute atomic E-state index is 14.4. The maximum atomic E-state index is 14.4. The molecule has 0 bridgehead atoms. The number of Topliss-reactive ketones (excluding diaryl/α,β-unsaturated/α-hetero) is 1. The Hall–Kier alpha value is -4.31. The lowest BCUT2D eigenvalue weighted by Gasteiger charge is -2.19. The highest BCUT2D eigenvalue weighted by atomic mass is 32.1. The van der Waals surface area contributed by atoms with Gasteiger partial charge in [0, 0.05) is 17.6 Å². The third-order valence-corrected chi connectivity index (χ3v) is 6.29. The Bertz CT molecular complexity index is 1530. The van der Waals surface area contributed by atoms with E-state index in [4.69, 9.17) is 14.2 Å². The van der Waals surface area contributed by atoms with Crippen LogP contribution in [0.25, 0.3) is 16.6 Å². The van der Waals surface area contributed by atoms with Gasteiger partial charge in [0.25, 0.3) is 0 Å². The minimum absolute atomic E-state index is 0.0220. The van der Waals surface area contributed by atoms with E-state index < -0.39 is 17.6 Å². The average molecular weight is 507 g/mol. The minimum atomic E-state index is -1.30. The number of ether oxygens (including phenoxy) is 3. The van der Waals surface area contributed by atoms with Gasteiger partial charge in [-0.25, -0.2) is 9.18 Å². The molecule has 0 amide bonds. The molecule has 1 aliphatic rings. The van der Waals surface area contributed by atoms with Crippen molar-refractivity contribution in [3.63, 3.8) is 0 Å². The van der Waals surface area contributed by atoms with Crippen LogP contribution in [0.2, 0.25) is 0 Å². The molecule has 1 N–H and O–H groups in total. The van der Waals surface area contributed by atoms with Crippen molar-refractivity contribution in [1.82, 2.24) is 8.75 Å². The monoisotopic (exact) mass is 506 g/mol. The van der Waals surface area contributed by atoms with E-state index in [0.717, 1.165) is 11.7 Å². The van der Waals surface area contributed by atoms with Crippen molar-refractivity contribution in [2.75, 3.05) is 20.3 Å². The zero-order chi connectivity index (χ0) is 25.2. The van der Waals surface area contributed by atoms with Crippen LogP contribution < -0.4 is 14.2 Å². The predicted molar refractivity (Wildman–Crippen MR) is 130 cm³/mol. The molecule has 0 saturated heterocycles. The Labute approximate surface area is 208 Å². The van der Waals surface area contributed by atoms with Crippen molar-refractivity contribution in [2.24, 2.45) is 0 Å². The molecular weight excluding hydrogens is 487 g/mol. The molecule has 0 aliphatic carbocycles. The van der Waals surface area contributed by atoms with Crippen molar-refractivity contribution in [2.45, 2.75) is 6.42 Å². The number of halogens is 1. The van der Waals surface area contributed by atoms with Crippen LogP contribution in [-0.4, -0.2) is 45.9 Å². The molecular formula is C26H19FN2O6S. The van der Waals surface area contributed by atoms with Gasteiger partial charge in [-0.05, 0) is 53.6 Å². The second-order valence-corrected chi connectivity index (χ2v) is 8.49. The van der Waals surface area contributed by atoms with E-state index in [1.165, 1.54) is 25.3 Å². The summed E-state index contributed by atoms with van der Waals surface area (Å²) in [6.07, 6.45) is -0.136. The zero-order valence-corrected chi connectivity index (χ0v) is 19.8. The summed E-state index contributed by atoms with van der Waals surface area (Å²) in [6.45, 7) is 0.728. The third-order valence-electron chi connectivity index (χ3n) is 5.73. The number of carbonyl (C=O) groups excluding carboxylic acids is 1. The van der Waals surface area contributed by atoms with Crippen molar-refractivity contribution >= 4 is 40.1 Å². The second kappa shape index (κ2) is 9.74. The number of carboxylic acids is 1. The van der Waals surface area contributed by atoms with Gasteiger partial charge in [0.05, 0.1) is 24.4 Å². The van der Waals surface area contributed by atoms with Crippen molar-refractivity contribution in [1.29, 1.82) is 0 Å². The number of fused-ring (bicyclic) bond motifs is 2. The summed E-state index contributed by atoms with van der Waals surface area (Å²) in [5.41, 5.74) is 1.82. The van der Waals surface area contributed by atoms with Gasteiger partial charge in [-0.1, -0.05) is 12.1 Å². The number of allylic oxidation sites excluding steroid dienone is 1. The first-order valence-electron chi connectivity index (χ1n) is 10.9. The Kier molecular flexibility index (Phi) is 6.34. The Morgan fingerprint density at radius 1 is 0.972 bits per heavy atom. The highest BCUT2D eigenvalue weighted by Gasteiger charge is 2.26. The van der Waals surface area contributed by atoms with Crippen LogP contribution in [0.5, 0.6) is 17.2 Å². The van der Waals surface area contributed by atoms with E-state index in [1.807, 2.05) is 0 Å². The van der Waals surface area contributed by atoms with Gasteiger partial charge in [-0.3, -0.25) is 4.79 Å². The van der Waals surface area contributed by atoms with E-state index in [-0.39, 0.29) is 34.4 Å². The van der Waals surface area contributed by atoms with Gasteiger partial charge in [0.15, 0.2) is 28.8 Å². The lowest BCUT2D eigenvalue weighted by Crippen LogP contribution is -2.17. The first-order valence-corrected chi connectivity index (χ1v) is 11.6. The quantitative estimate of drug-likeness (QED) is 0.287. The highest BCUT2D eigenvalue weighted by molar-refractivity contribution is 7.00. The molecule has 36 heavy (non-hydrogen) atoms. The van der Waals surface area contributed by atoms with Crippen LogP contribution >= 0.6 is 11.7 Å². The molecule has 1 aliphatic heterocycles. The fourth-order valence-electron chi connectivity index (χ4n) is 4.03. The Morgan fingerprint density at radius 3 is 2.47 bits per heavy atom. The highest BCUT2D eigenvalue weighted by Crippen LogP contribution is 2.34. The van der Waals surface area contributed by atoms with Crippen LogP contribution in [0.3, 0.4) is 0 Å². The molecule has 0 spiro atoms. The molecule has 1 aromatic heterocycles. The summed E-state index contributed by atoms with van der Waals surface area (Å²) in [7, 11) is 1.35. The first kappa shape index (κ1) is 23.4. The zero-order valence-electron chi connectivity index (χ0n) is 19.0. The van der Waals surface area contributed by atoms with Crippen LogP contribution in [0.1, 0.15) is 21.5 Å². The average Bonchev–Trinajstić information content (AvgIpc) is 3.35. The SMILES string of the molecule is COc1ccc(C/C(C(=O)c2ccc3c(c2)OCCO3)=C(\C(=O)O)c2ccc3nsnc3c2)cc1F. The number of ketones is 1. The molecule has 182 valence electrons. The van der Waals surface area contributed by atoms with Crippen molar-refractivity contribution < 1.29 is 33.3 Å². The number of carboxylic acid groups (broad SMARTS) is 1. The number of aliphatic carboxylic acids is 1. The molecule has 10 heteroatoms. The summed E-state index contributed by atoms with van der Waals surface area (Å²) < 4.78 is 38.9. The van der Waals surface area contributed by atoms with Gasteiger partial charge in [-0.2, -0.15) is 8.75 Å². The number of hydrogen-bond donors (Lipinski definition) is 1. The molecule has 2 heterocycles. The summed E-state index contributed by atoms with van der Waals surface area (Å²) in [5, 5.41) is 10.2. The fraction of sp³-hybridized carbons (Fsp3) is 0.154. The molecule has 0 radical (unpaired) electrons. The third kappa shape index (κ3) is 4.50. The topological polar surface area (TPSA) is 108 Å². The van der Waals surface area contributed by atoms with Crippen LogP contribution in [0, 0.1) is 5.82 Å². The number of rotatable bonds is 7. The number of aromatic nitrogens is 2. The Morgan fingerprint density at radius 2 is 1.72 bits per heavy atom. The molecule has 0 fully saturated rings. The first-order chi connectivity index (χ1) is 17.4. The van der Waals surface area contributed by atoms with E-state index in [0.29, 0.717) is 41.3 Å². The van der Waals surface area contributed by atoms with Crippen molar-refractivity contribution in [3.05, 3.63) is 82.7 Å². The van der Waals surface area contributed by atoms with Crippen LogP contribution in [0.4, 0.5) is 4.39 Å². The summed E-state index contributed by atoms with van der Waals surface area (Å²) in [5.74, 6) is -1.51. The molecule has 3 aromatic carbocycles. The molecule has 0 unspecified atom stereocenters. The van der Waals surface area contributed by atoms with E-state index >= 15 is 0 Å². The minimum Gasteiger partial charge on any atom is -0.494 e. The number of benzene rings is 3. The molecule has 8 nitrogen and oxygen atoms in total. The lowest BCUT2D eigenvalue weighted by molar-refractivity contribution is -0.130. The fourth-order valence-corrected chi connectivity index (χ4v) is 4.55. The second-order valence-electron chi connectivity index (χ2n) is 7.96. The maximum Gasteiger partial charge on any atom is 0.336 e. The number of methoxy groups -OCH3 is 1. The van der Waals surface area contributed by atoms with E-state index in [9.17, 15) is 19.1 Å². The van der Waals surface area contributed by atoms with E-state index in [1.54, 1.807) is 36.4 Å². The number of hydrogen-bond acceptors (Lipinski definition) is 8. The number of carbonyl (C=O) groups is 2. The van der Waals surface area contributed by atoms with E-state index in [2.05, 4.69) is 8.75 Å². The summed E-state index contributed by atoms with van der Waals surface area (Å²) in [4.78, 5) is 26.4. The van der Waals surface area contributed by atoms with Gasteiger partial charge in [0.1, 0.15) is 24.2 Å². The smallest absolute Gasteiger partial charge is 0.336 e. The largest absolute Gasteiger partial charge is 0.494 e. The lowest BCUT2D eigenvalue weighted by atomic mass is 9.89. The normalized spacial score (nSPS) is 13.3. The molecule has 4 aromatic rings. The predicted octanol–water partition coefficient (Wildman–Crippen LogP) is 4.57. The van der Waals surface area contributed by atoms with Gasteiger partial charge < -0.3 is 19.3 Å². The molecule has 0 saturated carbocycles.